The Hall–Kier alpha value is -0.420. The highest BCUT2D eigenvalue weighted by Gasteiger charge is 2.08. The predicted octanol–water partition coefficient (Wildman–Crippen LogP) is -2.40. The summed E-state index contributed by atoms with van der Waals surface area (Å²) in [6, 6.07) is 0. The molecule has 0 atom stereocenters. The predicted molar refractivity (Wildman–Crippen MR) is 41.1 cm³/mol. The molecule has 0 aliphatic carbocycles. The molecule has 0 aliphatic rings. The molecule has 0 saturated heterocycles. The summed E-state index contributed by atoms with van der Waals surface area (Å²) in [6.45, 7) is 2.57. The molecule has 0 spiro atoms. The topological polar surface area (TPSA) is 30.2 Å². The van der Waals surface area contributed by atoms with Crippen LogP contribution in [0.3, 0.4) is 0 Å². The molecular formula is C7H10BrNO2S. The van der Waals surface area contributed by atoms with E-state index in [9.17, 15) is 4.79 Å². The molecule has 5 heteroatoms. The van der Waals surface area contributed by atoms with E-state index < -0.39 is 0 Å². The first-order chi connectivity index (χ1) is 5.33. The molecule has 12 heavy (non-hydrogen) atoms. The van der Waals surface area contributed by atoms with Crippen molar-refractivity contribution in [3.63, 3.8) is 0 Å². The van der Waals surface area contributed by atoms with Crippen LogP contribution in [0.5, 0.6) is 0 Å². The first-order valence-corrected chi connectivity index (χ1v) is 4.34. The molecule has 0 fully saturated rings. The van der Waals surface area contributed by atoms with Crippen molar-refractivity contribution in [2.45, 2.75) is 13.5 Å². The van der Waals surface area contributed by atoms with Crippen LogP contribution in [0.15, 0.2) is 17.1 Å². The Morgan fingerprint density at radius 2 is 2.42 bits per heavy atom. The van der Waals surface area contributed by atoms with Gasteiger partial charge in [-0.05, 0) is 6.92 Å². The minimum atomic E-state index is -0.184. The molecule has 1 aromatic heterocycles. The van der Waals surface area contributed by atoms with Crippen LogP contribution in [0.4, 0.5) is 0 Å². The van der Waals surface area contributed by atoms with Crippen LogP contribution < -0.4 is 21.5 Å². The first-order valence-electron chi connectivity index (χ1n) is 3.39. The van der Waals surface area contributed by atoms with Crippen LogP contribution in [-0.2, 0) is 16.1 Å². The highest BCUT2D eigenvalue weighted by Crippen LogP contribution is 1.88. The molecule has 1 rings (SSSR count). The number of aromatic nitrogens is 1. The van der Waals surface area contributed by atoms with E-state index >= 15 is 0 Å². The van der Waals surface area contributed by atoms with E-state index in [1.54, 1.807) is 22.8 Å². The van der Waals surface area contributed by atoms with Gasteiger partial charge in [-0.2, -0.15) is 4.57 Å². The lowest BCUT2D eigenvalue weighted by molar-refractivity contribution is -0.681. The summed E-state index contributed by atoms with van der Waals surface area (Å²) in [5, 5.41) is 1.92. The number of ether oxygens (including phenoxy) is 1. The van der Waals surface area contributed by atoms with Crippen molar-refractivity contribution in [1.82, 2.24) is 0 Å². The quantitative estimate of drug-likeness (QED) is 0.443. The van der Waals surface area contributed by atoms with Gasteiger partial charge in [0.1, 0.15) is 0 Å². The van der Waals surface area contributed by atoms with Crippen LogP contribution in [0.2, 0.25) is 0 Å². The molecule has 0 aromatic carbocycles. The molecule has 0 unspecified atom stereocenters. The van der Waals surface area contributed by atoms with Crippen molar-refractivity contribution in [2.24, 2.45) is 0 Å². The lowest BCUT2D eigenvalue weighted by Gasteiger charge is -1.94. The number of halogens is 1. The summed E-state index contributed by atoms with van der Waals surface area (Å²) in [5.74, 6) is -0.184. The zero-order valence-corrected chi connectivity index (χ0v) is 9.10. The van der Waals surface area contributed by atoms with Gasteiger partial charge in [-0.25, -0.2) is 4.79 Å². The van der Waals surface area contributed by atoms with Crippen molar-refractivity contribution in [3.8, 4) is 0 Å². The number of carbonyl (C=O) groups excluding carboxylic acids is 1. The number of hydrogen-bond acceptors (Lipinski definition) is 3. The van der Waals surface area contributed by atoms with E-state index in [-0.39, 0.29) is 23.0 Å². The third-order valence-electron chi connectivity index (χ3n) is 1.14. The maximum absolute atomic E-state index is 10.9. The molecule has 68 valence electrons. The van der Waals surface area contributed by atoms with Gasteiger partial charge in [0, 0.05) is 0 Å². The average molecular weight is 252 g/mol. The van der Waals surface area contributed by atoms with Gasteiger partial charge >= 0.3 is 5.97 Å². The third kappa shape index (κ3) is 3.82. The van der Waals surface area contributed by atoms with Gasteiger partial charge in [0.25, 0.3) is 0 Å². The summed E-state index contributed by atoms with van der Waals surface area (Å²) < 4.78 is 6.55. The zero-order chi connectivity index (χ0) is 8.10. The Balaban J connectivity index is 0.00000121. The van der Waals surface area contributed by atoms with Crippen LogP contribution in [0.25, 0.3) is 0 Å². The second-order valence-corrected chi connectivity index (χ2v) is 2.76. The average Bonchev–Trinajstić information content (AvgIpc) is 2.40. The second-order valence-electron chi connectivity index (χ2n) is 2.00. The normalized spacial score (nSPS) is 8.75. The van der Waals surface area contributed by atoms with Gasteiger partial charge in [-0.15, -0.1) is 0 Å². The number of nitrogens with zero attached hydrogens (tertiary/aromatic N) is 1. The van der Waals surface area contributed by atoms with Gasteiger partial charge < -0.3 is 21.7 Å². The van der Waals surface area contributed by atoms with E-state index in [0.717, 1.165) is 0 Å². The third-order valence-corrected chi connectivity index (χ3v) is 1.82. The first kappa shape index (κ1) is 11.6. The number of rotatable bonds is 3. The summed E-state index contributed by atoms with van der Waals surface area (Å²) in [6.07, 6.45) is 1.85. The summed E-state index contributed by atoms with van der Waals surface area (Å²) in [5.41, 5.74) is 1.87. The van der Waals surface area contributed by atoms with Crippen LogP contribution in [-0.4, -0.2) is 12.6 Å². The minimum Gasteiger partial charge on any atom is -1.00 e. The standard InChI is InChI=1S/C7H10NO2S.BrH/c1-2-10-7(9)5-8-3-4-11-6-8;/h3-4,6H,2,5H2,1H3;1H/q+1;/p-1. The van der Waals surface area contributed by atoms with Gasteiger partial charge in [0.2, 0.25) is 12.1 Å². The Kier molecular flexibility index (Phi) is 5.92. The highest BCUT2D eigenvalue weighted by atomic mass is 79.9. The summed E-state index contributed by atoms with van der Waals surface area (Å²) in [7, 11) is 0. The van der Waals surface area contributed by atoms with Crippen molar-refractivity contribution in [3.05, 3.63) is 17.1 Å². The SMILES string of the molecule is CCOC(=O)C[n+]1ccsc1.[Br-]. The van der Waals surface area contributed by atoms with Crippen LogP contribution >= 0.6 is 11.3 Å². The second kappa shape index (κ2) is 6.14. The molecule has 0 radical (unpaired) electrons. The lowest BCUT2D eigenvalue weighted by Crippen LogP contribution is -3.00. The Morgan fingerprint density at radius 1 is 1.67 bits per heavy atom. The number of carbonyl (C=O) groups is 1. The molecular weight excluding hydrogens is 242 g/mol. The molecule has 3 nitrogen and oxygen atoms in total. The zero-order valence-electron chi connectivity index (χ0n) is 6.70. The smallest absolute Gasteiger partial charge is 0.372 e. The molecule has 0 N–H and O–H groups in total. The largest absolute Gasteiger partial charge is 1.00 e. The highest BCUT2D eigenvalue weighted by molar-refractivity contribution is 7.07. The Morgan fingerprint density at radius 3 is 2.92 bits per heavy atom. The number of thiazole rings is 1. The Labute approximate surface area is 85.7 Å². The van der Waals surface area contributed by atoms with Gasteiger partial charge in [-0.3, -0.25) is 0 Å². The number of hydrogen-bond donors (Lipinski definition) is 0. The fourth-order valence-corrected chi connectivity index (χ4v) is 1.31. The molecule has 0 saturated carbocycles. The van der Waals surface area contributed by atoms with E-state index in [0.29, 0.717) is 13.2 Å². The van der Waals surface area contributed by atoms with E-state index in [4.69, 9.17) is 4.74 Å². The molecule has 0 aliphatic heterocycles. The van der Waals surface area contributed by atoms with Crippen LogP contribution in [0, 0.1) is 0 Å². The van der Waals surface area contributed by atoms with Crippen molar-refractivity contribution >= 4 is 17.3 Å². The monoisotopic (exact) mass is 251 g/mol. The maximum atomic E-state index is 10.9. The van der Waals surface area contributed by atoms with Crippen LogP contribution in [0.1, 0.15) is 6.92 Å². The molecule has 1 aromatic rings. The lowest BCUT2D eigenvalue weighted by atomic mass is 10.6. The van der Waals surface area contributed by atoms with Gasteiger partial charge in [0.05, 0.1) is 12.0 Å². The fraction of sp³-hybridized carbons (Fsp3) is 0.429. The van der Waals surface area contributed by atoms with Crippen molar-refractivity contribution in [1.29, 1.82) is 0 Å². The van der Waals surface area contributed by atoms with Crippen molar-refractivity contribution < 1.29 is 31.1 Å². The molecule has 0 bridgehead atoms. The van der Waals surface area contributed by atoms with E-state index in [1.807, 2.05) is 17.1 Å². The summed E-state index contributed by atoms with van der Waals surface area (Å²) >= 11 is 1.55. The van der Waals surface area contributed by atoms with Crippen molar-refractivity contribution in [2.75, 3.05) is 6.61 Å². The van der Waals surface area contributed by atoms with E-state index in [1.165, 1.54) is 0 Å². The molecule has 1 heterocycles. The summed E-state index contributed by atoms with van der Waals surface area (Å²) in [4.78, 5) is 10.9. The van der Waals surface area contributed by atoms with E-state index in [2.05, 4.69) is 0 Å². The van der Waals surface area contributed by atoms with Gasteiger partial charge in [0.15, 0.2) is 6.20 Å². The van der Waals surface area contributed by atoms with Gasteiger partial charge in [-0.1, -0.05) is 11.3 Å². The minimum absolute atomic E-state index is 0. The maximum Gasteiger partial charge on any atom is 0.372 e. The molecule has 0 amide bonds. The Bertz CT molecular complexity index is 225. The fourth-order valence-electron chi connectivity index (χ4n) is 0.707. The number of esters is 1.